The van der Waals surface area contributed by atoms with Crippen LogP contribution in [0.2, 0.25) is 0 Å². The minimum Gasteiger partial charge on any atom is -0.480 e. The zero-order chi connectivity index (χ0) is 49.8. The molecule has 11 N–H and O–H groups in total. The van der Waals surface area contributed by atoms with Crippen LogP contribution in [0.25, 0.3) is 0 Å². The number of phosphoric ester groups is 1. The summed E-state index contributed by atoms with van der Waals surface area (Å²) in [7, 11) is -5.77. The van der Waals surface area contributed by atoms with Gasteiger partial charge in [-0.3, -0.25) is 18.9 Å². The van der Waals surface area contributed by atoms with Gasteiger partial charge in [0.2, 0.25) is 0 Å². The average molecular weight is 990 g/mol. The first-order valence-electron chi connectivity index (χ1n) is 24.7. The Balaban J connectivity index is 2.22. The van der Waals surface area contributed by atoms with Crippen LogP contribution < -0.4 is 5.73 Å². The van der Waals surface area contributed by atoms with Crippen molar-refractivity contribution in [2.75, 3.05) is 13.2 Å². The molecule has 1 saturated heterocycles. The van der Waals surface area contributed by atoms with Crippen LogP contribution in [-0.4, -0.2) is 157 Å². The summed E-state index contributed by atoms with van der Waals surface area (Å²) in [6.07, 6.45) is 0.346. The van der Waals surface area contributed by atoms with Crippen molar-refractivity contribution in [2.45, 2.75) is 254 Å². The lowest BCUT2D eigenvalue weighted by Gasteiger charge is -2.48. The molecule has 1 saturated carbocycles. The van der Waals surface area contributed by atoms with Gasteiger partial charge in [0.25, 0.3) is 0 Å². The number of rotatable bonds is 38. The lowest BCUT2D eigenvalue weighted by molar-refractivity contribution is -0.340. The largest absolute Gasteiger partial charge is 0.480 e. The number of carbonyl (C=O) groups excluding carboxylic acids is 2. The van der Waals surface area contributed by atoms with Crippen LogP contribution >= 0.6 is 7.82 Å². The molecule has 394 valence electrons. The van der Waals surface area contributed by atoms with Crippen molar-refractivity contribution < 1.29 is 97.4 Å². The van der Waals surface area contributed by atoms with Gasteiger partial charge >= 0.3 is 32.2 Å². The fourth-order valence-corrected chi connectivity index (χ4v) is 8.89. The Bertz CT molecular complexity index is 1400. The Labute approximate surface area is 395 Å². The van der Waals surface area contributed by atoms with Gasteiger partial charge in [0.1, 0.15) is 67.1 Å². The van der Waals surface area contributed by atoms with Crippen molar-refractivity contribution in [3.63, 3.8) is 0 Å². The van der Waals surface area contributed by atoms with E-state index in [1.807, 2.05) is 0 Å². The molecule has 2 fully saturated rings. The van der Waals surface area contributed by atoms with E-state index in [1.54, 1.807) is 0 Å². The lowest BCUT2D eigenvalue weighted by atomic mass is 9.84. The molecule has 1 aliphatic heterocycles. The van der Waals surface area contributed by atoms with E-state index < -0.39 is 119 Å². The summed E-state index contributed by atoms with van der Waals surface area (Å²) in [6.45, 7) is 0.0651. The Hall–Kier alpha value is -1.92. The maximum absolute atomic E-state index is 13.9. The smallest absolute Gasteiger partial charge is 0.478 e. The number of esters is 2. The second-order valence-corrected chi connectivity index (χ2v) is 19.2. The molecule has 2 aliphatic rings. The van der Waals surface area contributed by atoms with Crippen LogP contribution in [0.5, 0.6) is 0 Å². The number of unbranched alkanes of at least 4 members (excludes halogenated alkanes) is 21. The van der Waals surface area contributed by atoms with Gasteiger partial charge in [0.15, 0.2) is 6.29 Å². The predicted molar refractivity (Wildman–Crippen MR) is 241 cm³/mol. The van der Waals surface area contributed by atoms with E-state index in [-0.39, 0.29) is 12.8 Å². The number of aliphatic hydroxyl groups is 7. The molecule has 0 aromatic rings. The highest BCUT2D eigenvalue weighted by atomic mass is 31.2. The van der Waals surface area contributed by atoms with E-state index in [1.165, 1.54) is 70.6 Å². The molecular formula is C45H84NO20P. The van der Waals surface area contributed by atoms with E-state index >= 15 is 0 Å². The zero-order valence-electron chi connectivity index (χ0n) is 39.6. The molecule has 22 heteroatoms. The minimum absolute atomic E-state index is 0.169. The lowest BCUT2D eigenvalue weighted by Crippen LogP contribution is -2.68. The maximum Gasteiger partial charge on any atom is 0.478 e. The van der Waals surface area contributed by atoms with Gasteiger partial charge in [-0.2, -0.15) is 0 Å². The van der Waals surface area contributed by atoms with Gasteiger partial charge in [-0.25, -0.2) is 9.09 Å². The van der Waals surface area contributed by atoms with Gasteiger partial charge in [0.05, 0.1) is 13.2 Å². The zero-order valence-corrected chi connectivity index (χ0v) is 40.5. The first-order valence-corrected chi connectivity index (χ1v) is 26.2. The third-order valence-electron chi connectivity index (χ3n) is 12.1. The highest BCUT2D eigenvalue weighted by Crippen LogP contribution is 2.49. The second kappa shape index (κ2) is 34.4. The van der Waals surface area contributed by atoms with Crippen LogP contribution in [0.3, 0.4) is 0 Å². The van der Waals surface area contributed by atoms with Crippen LogP contribution in [-0.2, 0) is 51.7 Å². The number of aliphatic carboxylic acids is 1. The fraction of sp³-hybridized carbons (Fsp3) is 0.933. The topological polar surface area (TPSA) is 341 Å². The van der Waals surface area contributed by atoms with Crippen molar-refractivity contribution >= 4 is 25.7 Å². The quantitative estimate of drug-likeness (QED) is 0.0182. The summed E-state index contributed by atoms with van der Waals surface area (Å²) in [6, 6.07) is -1.76. The third-order valence-corrected chi connectivity index (χ3v) is 13.0. The molecule has 0 aromatic carbocycles. The third kappa shape index (κ3) is 23.7. The standard InChI is InChI=1S/C45H84NO20P/c1-3-5-7-9-11-13-15-17-19-21-23-25-27-33(49)63-45(62-32(48)26-24-22-20-18-16-14-12-10-8-6-4-2)66-67(58,59)65-42-40(60-29-30(46)43(56)57)37(53)36(52)38(54)41(42)64-44-39(55)35(51)34(50)31(28-47)61-44/h30-31,34-42,44-45,47,50-55H,3-29,46H2,1-2H3,(H,56,57)(H,58,59)/t30-,31-,34-,35+,36-,37-,38+,39+,40+,41+,42-,44+,45+/m1/s1. The predicted octanol–water partition coefficient (Wildman–Crippen LogP) is 3.73. The number of ether oxygens (including phenoxy) is 5. The first-order chi connectivity index (χ1) is 32.0. The molecule has 67 heavy (non-hydrogen) atoms. The molecule has 1 heterocycles. The molecule has 21 nitrogen and oxygen atoms in total. The molecule has 0 amide bonds. The van der Waals surface area contributed by atoms with E-state index in [9.17, 15) is 64.7 Å². The van der Waals surface area contributed by atoms with Gasteiger partial charge in [-0.1, -0.05) is 149 Å². The number of carbonyl (C=O) groups is 3. The van der Waals surface area contributed by atoms with E-state index in [0.29, 0.717) is 25.7 Å². The summed E-state index contributed by atoms with van der Waals surface area (Å²) in [5.74, 6) is -3.46. The number of aliphatic hydroxyl groups excluding tert-OH is 7. The highest BCUT2D eigenvalue weighted by molar-refractivity contribution is 7.47. The summed E-state index contributed by atoms with van der Waals surface area (Å²) >= 11 is 0. The molecule has 14 atom stereocenters. The highest BCUT2D eigenvalue weighted by Gasteiger charge is 2.56. The Kier molecular flexibility index (Phi) is 31.4. The molecular weight excluding hydrogens is 905 g/mol. The maximum atomic E-state index is 13.9. The van der Waals surface area contributed by atoms with Crippen molar-refractivity contribution in [1.82, 2.24) is 0 Å². The number of hydrogen-bond donors (Lipinski definition) is 10. The first kappa shape index (κ1) is 61.2. The number of carboxylic acid groups (broad SMARTS) is 1. The van der Waals surface area contributed by atoms with E-state index in [0.717, 1.165) is 51.4 Å². The van der Waals surface area contributed by atoms with Crippen LogP contribution in [0.1, 0.15) is 174 Å². The minimum atomic E-state index is -5.77. The average Bonchev–Trinajstić information content (AvgIpc) is 3.28. The van der Waals surface area contributed by atoms with Gasteiger partial charge < -0.3 is 75.2 Å². The summed E-state index contributed by atoms with van der Waals surface area (Å²) < 4.78 is 51.2. The monoisotopic (exact) mass is 990 g/mol. The molecule has 0 spiro atoms. The van der Waals surface area contributed by atoms with Crippen molar-refractivity contribution in [3.05, 3.63) is 0 Å². The molecule has 1 unspecified atom stereocenters. The second-order valence-electron chi connectivity index (χ2n) is 17.8. The van der Waals surface area contributed by atoms with Crippen LogP contribution in [0, 0.1) is 0 Å². The summed E-state index contributed by atoms with van der Waals surface area (Å²) in [5, 5.41) is 83.2. The number of nitrogens with two attached hydrogens (primary N) is 1. The Morgan fingerprint density at radius 3 is 1.40 bits per heavy atom. The van der Waals surface area contributed by atoms with E-state index in [4.69, 9.17) is 38.5 Å². The molecule has 1 aliphatic carbocycles. The van der Waals surface area contributed by atoms with E-state index in [2.05, 4.69) is 13.8 Å². The fourth-order valence-electron chi connectivity index (χ4n) is 7.99. The van der Waals surface area contributed by atoms with Crippen LogP contribution in [0.4, 0.5) is 0 Å². The number of carboxylic acids is 1. The van der Waals surface area contributed by atoms with Crippen LogP contribution in [0.15, 0.2) is 0 Å². The summed E-state index contributed by atoms with van der Waals surface area (Å²) in [4.78, 5) is 48.7. The number of phosphoric acid groups is 1. The molecule has 0 aromatic heterocycles. The molecule has 2 rings (SSSR count). The number of hydrogen-bond acceptors (Lipinski definition) is 19. The van der Waals surface area contributed by atoms with Gasteiger partial charge in [-0.15, -0.1) is 0 Å². The SMILES string of the molecule is CCCCCCCCCCCCCCC(=O)O[C@H](OC(=O)CCCCCCCCCCCCC)OP(=O)(O)O[C@@H]1[C@@H](OC[C@@H](N)C(=O)O)[C@H](O)[C@@H](O)[C@H](O)[C@@H]1O[C@@H]1O[C@H](CO)[C@@H](O)[C@H](O)[C@@H]1O. The Morgan fingerprint density at radius 1 is 0.582 bits per heavy atom. The van der Waals surface area contributed by atoms with Crippen molar-refractivity contribution in [3.8, 4) is 0 Å². The molecule has 0 bridgehead atoms. The Morgan fingerprint density at radius 2 is 0.985 bits per heavy atom. The van der Waals surface area contributed by atoms with Gasteiger partial charge in [0, 0.05) is 12.8 Å². The summed E-state index contributed by atoms with van der Waals surface area (Å²) in [5.41, 5.74) is 5.57. The van der Waals surface area contributed by atoms with Gasteiger partial charge in [-0.05, 0) is 12.8 Å². The van der Waals surface area contributed by atoms with Crippen molar-refractivity contribution in [2.24, 2.45) is 5.73 Å². The normalized spacial score (nSPS) is 28.4. The van der Waals surface area contributed by atoms with Crippen molar-refractivity contribution in [1.29, 1.82) is 0 Å². The molecule has 0 radical (unpaired) electrons.